The van der Waals surface area contributed by atoms with Crippen molar-refractivity contribution in [2.24, 2.45) is 5.41 Å². The summed E-state index contributed by atoms with van der Waals surface area (Å²) in [6.07, 6.45) is 8.21. The Morgan fingerprint density at radius 3 is 2.76 bits per heavy atom. The molecule has 2 aliphatic carbocycles. The highest BCUT2D eigenvalue weighted by Gasteiger charge is 2.57. The van der Waals surface area contributed by atoms with Crippen molar-refractivity contribution in [3.63, 3.8) is 0 Å². The summed E-state index contributed by atoms with van der Waals surface area (Å²) in [5, 5.41) is 3.49. The van der Waals surface area contributed by atoms with Gasteiger partial charge in [0.1, 0.15) is 0 Å². The van der Waals surface area contributed by atoms with Crippen molar-refractivity contribution in [1.82, 2.24) is 9.88 Å². The van der Waals surface area contributed by atoms with Gasteiger partial charge in [0.25, 0.3) is 0 Å². The van der Waals surface area contributed by atoms with Crippen molar-refractivity contribution >= 4 is 11.3 Å². The highest BCUT2D eigenvalue weighted by molar-refractivity contribution is 7.09. The van der Waals surface area contributed by atoms with E-state index >= 15 is 0 Å². The van der Waals surface area contributed by atoms with Gasteiger partial charge in [0, 0.05) is 30.0 Å². The van der Waals surface area contributed by atoms with Crippen LogP contribution in [0.5, 0.6) is 0 Å². The first-order valence-electron chi connectivity index (χ1n) is 8.44. The summed E-state index contributed by atoms with van der Waals surface area (Å²) in [4.78, 5) is 7.26. The maximum absolute atomic E-state index is 6.03. The molecule has 3 rings (SSSR count). The van der Waals surface area contributed by atoms with Crippen molar-refractivity contribution in [2.75, 3.05) is 13.7 Å². The third-order valence-corrected chi connectivity index (χ3v) is 6.53. The minimum absolute atomic E-state index is 0.439. The predicted octanol–water partition coefficient (Wildman–Crippen LogP) is 3.88. The Balaban J connectivity index is 1.65. The van der Waals surface area contributed by atoms with E-state index in [0.717, 1.165) is 19.6 Å². The molecule has 4 heteroatoms. The SMILES string of the molecule is CCO[C@H]1C[C@@H](N(C)Cc2csc(CC)n2)C12CCCC2. The van der Waals surface area contributed by atoms with Gasteiger partial charge in [0.15, 0.2) is 0 Å². The molecule has 118 valence electrons. The zero-order valence-corrected chi connectivity index (χ0v) is 14.4. The van der Waals surface area contributed by atoms with E-state index in [1.807, 2.05) is 0 Å². The Kier molecular flexibility index (Phi) is 4.67. The van der Waals surface area contributed by atoms with Gasteiger partial charge in [-0.15, -0.1) is 11.3 Å². The van der Waals surface area contributed by atoms with Gasteiger partial charge in [-0.3, -0.25) is 4.90 Å². The van der Waals surface area contributed by atoms with Crippen LogP contribution in [0.15, 0.2) is 5.38 Å². The third kappa shape index (κ3) is 2.78. The molecule has 2 atom stereocenters. The number of hydrogen-bond donors (Lipinski definition) is 0. The number of nitrogens with zero attached hydrogens (tertiary/aromatic N) is 2. The van der Waals surface area contributed by atoms with Crippen molar-refractivity contribution in [1.29, 1.82) is 0 Å². The van der Waals surface area contributed by atoms with Crippen LogP contribution >= 0.6 is 11.3 Å². The number of aryl methyl sites for hydroxylation is 1. The van der Waals surface area contributed by atoms with Crippen molar-refractivity contribution in [3.05, 3.63) is 16.1 Å². The van der Waals surface area contributed by atoms with Gasteiger partial charge in [-0.25, -0.2) is 4.98 Å². The minimum atomic E-state index is 0.439. The van der Waals surface area contributed by atoms with Gasteiger partial charge in [0.05, 0.1) is 16.8 Å². The van der Waals surface area contributed by atoms with Gasteiger partial charge in [-0.2, -0.15) is 0 Å². The standard InChI is InChI=1S/C17H28N2OS/c1-4-16-18-13(12-21-16)11-19(3)14-10-15(20-5-2)17(14)8-6-7-9-17/h12,14-15H,4-11H2,1-3H3/t14-,15+/m1/s1. The molecule has 0 amide bonds. The Labute approximate surface area is 132 Å². The molecular weight excluding hydrogens is 280 g/mol. The van der Waals surface area contributed by atoms with E-state index < -0.39 is 0 Å². The molecule has 2 saturated carbocycles. The van der Waals surface area contributed by atoms with E-state index in [9.17, 15) is 0 Å². The number of ether oxygens (including phenoxy) is 1. The van der Waals surface area contributed by atoms with Gasteiger partial charge in [-0.1, -0.05) is 19.8 Å². The van der Waals surface area contributed by atoms with Crippen LogP contribution < -0.4 is 0 Å². The molecule has 0 aliphatic heterocycles. The molecule has 0 N–H and O–H groups in total. The second-order valence-electron chi connectivity index (χ2n) is 6.64. The fraction of sp³-hybridized carbons (Fsp3) is 0.824. The molecule has 0 aromatic carbocycles. The van der Waals surface area contributed by atoms with Crippen LogP contribution in [0.1, 0.15) is 56.7 Å². The molecule has 2 fully saturated rings. The van der Waals surface area contributed by atoms with Gasteiger partial charge in [-0.05, 0) is 39.7 Å². The van der Waals surface area contributed by atoms with Crippen LogP contribution in [-0.2, 0) is 17.7 Å². The van der Waals surface area contributed by atoms with Crippen LogP contribution in [0.3, 0.4) is 0 Å². The monoisotopic (exact) mass is 308 g/mol. The highest BCUT2D eigenvalue weighted by Crippen LogP contribution is 2.56. The van der Waals surface area contributed by atoms with Crippen LogP contribution in [0, 0.1) is 5.41 Å². The van der Waals surface area contributed by atoms with Crippen LogP contribution in [-0.4, -0.2) is 35.7 Å². The lowest BCUT2D eigenvalue weighted by molar-refractivity contribution is -0.162. The lowest BCUT2D eigenvalue weighted by atomic mass is 9.60. The molecule has 0 saturated heterocycles. The van der Waals surface area contributed by atoms with Crippen molar-refractivity contribution in [2.45, 2.75) is 71.1 Å². The second-order valence-corrected chi connectivity index (χ2v) is 7.58. The number of thiazole rings is 1. The van der Waals surface area contributed by atoms with Gasteiger partial charge in [0.2, 0.25) is 0 Å². The van der Waals surface area contributed by atoms with Crippen LogP contribution in [0.25, 0.3) is 0 Å². The largest absolute Gasteiger partial charge is 0.378 e. The quantitative estimate of drug-likeness (QED) is 0.797. The molecule has 1 heterocycles. The van der Waals surface area contributed by atoms with Crippen LogP contribution in [0.2, 0.25) is 0 Å². The summed E-state index contributed by atoms with van der Waals surface area (Å²) in [6.45, 7) is 6.15. The van der Waals surface area contributed by atoms with E-state index in [0.29, 0.717) is 17.6 Å². The molecule has 0 unspecified atom stereocenters. The molecule has 21 heavy (non-hydrogen) atoms. The Hall–Kier alpha value is -0.450. The molecule has 1 aromatic heterocycles. The first-order chi connectivity index (χ1) is 10.2. The topological polar surface area (TPSA) is 25.4 Å². The summed E-state index contributed by atoms with van der Waals surface area (Å²) >= 11 is 1.80. The van der Waals surface area contributed by atoms with Crippen molar-refractivity contribution < 1.29 is 4.74 Å². The number of aromatic nitrogens is 1. The summed E-state index contributed by atoms with van der Waals surface area (Å²) in [6, 6.07) is 0.684. The molecule has 0 bridgehead atoms. The maximum atomic E-state index is 6.03. The fourth-order valence-corrected chi connectivity index (χ4v) is 5.15. The number of hydrogen-bond acceptors (Lipinski definition) is 4. The lowest BCUT2D eigenvalue weighted by Crippen LogP contribution is -2.62. The van der Waals surface area contributed by atoms with Crippen molar-refractivity contribution in [3.8, 4) is 0 Å². The second kappa shape index (κ2) is 6.35. The molecule has 0 radical (unpaired) electrons. The highest BCUT2D eigenvalue weighted by atomic mass is 32.1. The van der Waals surface area contributed by atoms with E-state index in [2.05, 4.69) is 31.2 Å². The Bertz CT molecular complexity index is 467. The Morgan fingerprint density at radius 1 is 1.38 bits per heavy atom. The van der Waals surface area contributed by atoms with E-state index in [1.54, 1.807) is 11.3 Å². The fourth-order valence-electron chi connectivity index (χ4n) is 4.42. The molecule has 1 spiro atoms. The van der Waals surface area contributed by atoms with E-state index in [-0.39, 0.29) is 0 Å². The summed E-state index contributed by atoms with van der Waals surface area (Å²) in [5.41, 5.74) is 1.68. The van der Waals surface area contributed by atoms with E-state index in [4.69, 9.17) is 9.72 Å². The molecule has 2 aliphatic rings. The molecule has 1 aromatic rings. The zero-order chi connectivity index (χ0) is 14.9. The first-order valence-corrected chi connectivity index (χ1v) is 9.32. The third-order valence-electron chi connectivity index (χ3n) is 5.49. The van der Waals surface area contributed by atoms with Gasteiger partial charge >= 0.3 is 0 Å². The van der Waals surface area contributed by atoms with Crippen LogP contribution in [0.4, 0.5) is 0 Å². The van der Waals surface area contributed by atoms with E-state index in [1.165, 1.54) is 42.8 Å². The minimum Gasteiger partial charge on any atom is -0.378 e. The summed E-state index contributed by atoms with van der Waals surface area (Å²) in [5.74, 6) is 0. The summed E-state index contributed by atoms with van der Waals surface area (Å²) in [7, 11) is 2.28. The average Bonchev–Trinajstić information content (AvgIpc) is 3.12. The zero-order valence-electron chi connectivity index (χ0n) is 13.6. The number of rotatable bonds is 6. The maximum Gasteiger partial charge on any atom is 0.0926 e. The normalized spacial score (nSPS) is 27.4. The molecule has 3 nitrogen and oxygen atoms in total. The molecular formula is C17H28N2OS. The lowest BCUT2D eigenvalue weighted by Gasteiger charge is -2.57. The predicted molar refractivity (Wildman–Crippen MR) is 87.7 cm³/mol. The summed E-state index contributed by atoms with van der Waals surface area (Å²) < 4.78 is 6.03. The Morgan fingerprint density at radius 2 is 2.14 bits per heavy atom. The average molecular weight is 308 g/mol. The smallest absolute Gasteiger partial charge is 0.0926 e. The van der Waals surface area contributed by atoms with Gasteiger partial charge < -0.3 is 4.74 Å². The first kappa shape index (κ1) is 15.4.